The molecule has 2 rings (SSSR count). The van der Waals surface area contributed by atoms with Crippen molar-refractivity contribution in [1.82, 2.24) is 5.32 Å². The van der Waals surface area contributed by atoms with Crippen molar-refractivity contribution in [2.75, 3.05) is 19.8 Å². The number of carbonyl (C=O) groups excluding carboxylic acids is 2. The first-order valence-electron chi connectivity index (χ1n) is 11.8. The largest absolute Gasteiger partial charge is 0.494 e. The summed E-state index contributed by atoms with van der Waals surface area (Å²) in [6.07, 6.45) is 7.51. The van der Waals surface area contributed by atoms with E-state index in [0.717, 1.165) is 24.2 Å². The molecule has 0 heterocycles. The second-order valence-electron chi connectivity index (χ2n) is 8.25. The van der Waals surface area contributed by atoms with Gasteiger partial charge >= 0.3 is 13.6 Å². The Bertz CT molecular complexity index is 1010. The van der Waals surface area contributed by atoms with Crippen LogP contribution in [0.5, 0.6) is 11.5 Å². The maximum atomic E-state index is 12.1. The van der Waals surface area contributed by atoms with Crippen LogP contribution >= 0.6 is 7.60 Å². The van der Waals surface area contributed by atoms with E-state index in [2.05, 4.69) is 12.2 Å². The molecule has 0 aromatic heterocycles. The molecule has 10 heteroatoms. The Morgan fingerprint density at radius 3 is 2.29 bits per heavy atom. The molecule has 9 nitrogen and oxygen atoms in total. The highest BCUT2D eigenvalue weighted by molar-refractivity contribution is 7.70. The molecule has 192 valence electrons. The van der Waals surface area contributed by atoms with E-state index >= 15 is 0 Å². The summed E-state index contributed by atoms with van der Waals surface area (Å²) in [5.41, 5.74) is 5.17. The van der Waals surface area contributed by atoms with E-state index in [4.69, 9.17) is 15.2 Å². The smallest absolute Gasteiger partial charge is 0.396 e. The fourth-order valence-corrected chi connectivity index (χ4v) is 3.97. The minimum Gasteiger partial charge on any atom is -0.494 e. The van der Waals surface area contributed by atoms with Crippen LogP contribution in [0.3, 0.4) is 0 Å². The van der Waals surface area contributed by atoms with Crippen molar-refractivity contribution in [2.24, 2.45) is 5.73 Å². The molecule has 5 N–H and O–H groups in total. The number of ether oxygens (including phenoxy) is 2. The summed E-state index contributed by atoms with van der Waals surface area (Å²) in [7, 11) is -4.92. The maximum absolute atomic E-state index is 12.1. The van der Waals surface area contributed by atoms with E-state index in [-0.39, 0.29) is 18.7 Å². The molecule has 0 aliphatic rings. The minimum absolute atomic E-state index is 0.102. The zero-order valence-corrected chi connectivity index (χ0v) is 21.0. The summed E-state index contributed by atoms with van der Waals surface area (Å²) in [5, 5.41) is 2.42. The van der Waals surface area contributed by atoms with Crippen LogP contribution < -0.4 is 20.5 Å². The number of hydrogen-bond donors (Lipinski definition) is 4. The highest BCUT2D eigenvalue weighted by atomic mass is 31.2. The van der Waals surface area contributed by atoms with Crippen molar-refractivity contribution < 1.29 is 33.4 Å². The number of primary amides is 1. The fraction of sp³-hybridized carbons (Fsp3) is 0.440. The number of unbranched alkanes of at least 4 members (excludes halogenated alkanes) is 5. The van der Waals surface area contributed by atoms with Gasteiger partial charge in [0.2, 0.25) is 0 Å². The molecule has 0 radical (unpaired) electrons. The number of nitrogens with one attached hydrogen (secondary N) is 1. The second kappa shape index (κ2) is 14.5. The van der Waals surface area contributed by atoms with Gasteiger partial charge < -0.3 is 30.3 Å². The predicted molar refractivity (Wildman–Crippen MR) is 134 cm³/mol. The Hall–Kier alpha value is -2.87. The molecule has 0 unspecified atom stereocenters. The van der Waals surface area contributed by atoms with E-state index in [0.29, 0.717) is 24.3 Å². The molecule has 2 aromatic carbocycles. The average Bonchev–Trinajstić information content (AvgIpc) is 2.81. The Morgan fingerprint density at radius 2 is 1.63 bits per heavy atom. The fourth-order valence-electron chi connectivity index (χ4n) is 3.49. The van der Waals surface area contributed by atoms with Crippen molar-refractivity contribution in [3.8, 4) is 11.5 Å². The quantitative estimate of drug-likeness (QED) is 0.195. The van der Waals surface area contributed by atoms with Gasteiger partial charge in [0.05, 0.1) is 13.2 Å². The minimum atomic E-state index is -4.92. The number of benzene rings is 2. The molecular weight excluding hydrogens is 471 g/mol. The van der Waals surface area contributed by atoms with Crippen molar-refractivity contribution >= 4 is 19.2 Å². The normalized spacial score (nSPS) is 11.2. The molecule has 0 spiro atoms. The lowest BCUT2D eigenvalue weighted by molar-refractivity contribution is 0.104. The number of carbonyl (C=O) groups is 2. The molecule has 0 atom stereocenters. The molecule has 0 bridgehead atoms. The van der Waals surface area contributed by atoms with Gasteiger partial charge in [-0.3, -0.25) is 9.36 Å². The van der Waals surface area contributed by atoms with Crippen LogP contribution in [0.1, 0.15) is 66.9 Å². The zero-order chi connectivity index (χ0) is 25.7. The van der Waals surface area contributed by atoms with E-state index in [1.807, 2.05) is 24.3 Å². The number of rotatable bonds is 16. The molecule has 0 fully saturated rings. The highest BCUT2D eigenvalue weighted by Crippen LogP contribution is 2.40. The van der Waals surface area contributed by atoms with E-state index in [1.165, 1.54) is 43.9 Å². The highest BCUT2D eigenvalue weighted by Gasteiger charge is 2.28. The van der Waals surface area contributed by atoms with E-state index < -0.39 is 19.2 Å². The Balaban J connectivity index is 2.04. The van der Waals surface area contributed by atoms with Crippen LogP contribution in [0.2, 0.25) is 0 Å². The van der Waals surface area contributed by atoms with Gasteiger partial charge in [0.25, 0.3) is 5.52 Å². The molecule has 0 aliphatic carbocycles. The first-order valence-corrected chi connectivity index (χ1v) is 13.4. The van der Waals surface area contributed by atoms with Crippen molar-refractivity contribution in [1.29, 1.82) is 0 Å². The van der Waals surface area contributed by atoms with Gasteiger partial charge in [-0.25, -0.2) is 4.79 Å². The Morgan fingerprint density at radius 1 is 0.943 bits per heavy atom. The summed E-state index contributed by atoms with van der Waals surface area (Å²) in [6, 6.07) is 11.1. The lowest BCUT2D eigenvalue weighted by Crippen LogP contribution is -2.32. The topological polar surface area (TPSA) is 148 Å². The third-order valence-corrected chi connectivity index (χ3v) is 6.10. The molecule has 0 saturated heterocycles. The van der Waals surface area contributed by atoms with Gasteiger partial charge in [0.1, 0.15) is 18.1 Å². The van der Waals surface area contributed by atoms with Gasteiger partial charge in [-0.2, -0.15) is 0 Å². The third kappa shape index (κ3) is 10.5. The zero-order valence-electron chi connectivity index (χ0n) is 20.1. The van der Waals surface area contributed by atoms with Crippen LogP contribution in [0.25, 0.3) is 0 Å². The van der Waals surface area contributed by atoms with Gasteiger partial charge in [-0.1, -0.05) is 51.2 Å². The number of amides is 2. The van der Waals surface area contributed by atoms with Crippen LogP contribution in [-0.4, -0.2) is 41.1 Å². The molecule has 0 aliphatic heterocycles. The summed E-state index contributed by atoms with van der Waals surface area (Å²) in [4.78, 5) is 41.4. The predicted octanol–water partition coefficient (Wildman–Crippen LogP) is 4.38. The summed E-state index contributed by atoms with van der Waals surface area (Å²) >= 11 is 0. The van der Waals surface area contributed by atoms with Crippen LogP contribution in [-0.2, 0) is 11.0 Å². The number of hydrogen-bond acceptors (Lipinski definition) is 5. The lowest BCUT2D eigenvalue weighted by atomic mass is 10.0. The molecule has 2 aromatic rings. The lowest BCUT2D eigenvalue weighted by Gasteiger charge is -2.14. The van der Waals surface area contributed by atoms with E-state index in [9.17, 15) is 23.9 Å². The number of nitrogens with two attached hydrogens (primary N) is 1. The SMILES string of the molecule is CCCCCCCCOc1ccc(Cc2cc(C(=O)P(=O)(O)O)ccc2OCCNC(N)=O)cc1. The van der Waals surface area contributed by atoms with Crippen LogP contribution in [0.15, 0.2) is 42.5 Å². The molecule has 2 amide bonds. The summed E-state index contributed by atoms with van der Waals surface area (Å²) in [6.45, 7) is 3.17. The second-order valence-corrected chi connectivity index (χ2v) is 9.74. The van der Waals surface area contributed by atoms with Crippen molar-refractivity contribution in [2.45, 2.75) is 51.9 Å². The standard InChI is InChI=1S/C25H35N2O7P/c1-2-3-4-5-6-7-15-33-22-11-8-19(9-12-22)17-21-18-20(24(28)35(30,31)32)10-13-23(21)34-16-14-27-25(26)29/h8-13,18H,2-7,14-17H2,1H3,(H3,26,27,29)(H2,30,31,32). The average molecular weight is 507 g/mol. The first-order chi connectivity index (χ1) is 16.7. The Labute approximate surface area is 206 Å². The molecular formula is C25H35N2O7P. The third-order valence-electron chi connectivity index (χ3n) is 5.32. The van der Waals surface area contributed by atoms with Gasteiger partial charge in [0.15, 0.2) is 0 Å². The molecule has 35 heavy (non-hydrogen) atoms. The van der Waals surface area contributed by atoms with Crippen molar-refractivity contribution in [3.05, 3.63) is 59.2 Å². The first kappa shape index (κ1) is 28.4. The van der Waals surface area contributed by atoms with E-state index in [1.54, 1.807) is 0 Å². The maximum Gasteiger partial charge on any atom is 0.396 e. The van der Waals surface area contributed by atoms with Crippen molar-refractivity contribution in [3.63, 3.8) is 0 Å². The summed E-state index contributed by atoms with van der Waals surface area (Å²) in [5.74, 6) is 1.20. The Kier molecular flexibility index (Phi) is 11.8. The summed E-state index contributed by atoms with van der Waals surface area (Å²) < 4.78 is 22.9. The van der Waals surface area contributed by atoms with Crippen LogP contribution in [0.4, 0.5) is 4.79 Å². The van der Waals surface area contributed by atoms with Gasteiger partial charge in [-0.05, 0) is 47.9 Å². The molecule has 0 saturated carbocycles. The van der Waals surface area contributed by atoms with Gasteiger partial charge in [0, 0.05) is 12.0 Å². The van der Waals surface area contributed by atoms with Gasteiger partial charge in [-0.15, -0.1) is 0 Å². The van der Waals surface area contributed by atoms with Crippen LogP contribution in [0, 0.1) is 0 Å². The number of urea groups is 1. The monoisotopic (exact) mass is 506 g/mol.